The third-order valence-corrected chi connectivity index (χ3v) is 14.9. The predicted octanol–water partition coefficient (Wildman–Crippen LogP) is -4.40. The minimum atomic E-state index is -5.08. The summed E-state index contributed by atoms with van der Waals surface area (Å²) < 4.78 is 75.1. The summed E-state index contributed by atoms with van der Waals surface area (Å²) in [5.74, 6) is -23.0. The fourth-order valence-corrected chi connectivity index (χ4v) is 9.05. The topological polar surface area (TPSA) is 616 Å². The summed E-state index contributed by atoms with van der Waals surface area (Å²) in [6.45, 7) is 16.5. The summed E-state index contributed by atoms with van der Waals surface area (Å²) in [7, 11) is 0. The molecule has 1 aliphatic rings. The molecule has 1 aliphatic heterocycles. The highest BCUT2D eigenvalue weighted by molar-refractivity contribution is 6.00. The Hall–Kier alpha value is -9.59. The third kappa shape index (κ3) is 35.5. The third-order valence-electron chi connectivity index (χ3n) is 14.9. The number of halogens is 6. The molecule has 602 valence electrons. The zero-order valence-electron chi connectivity index (χ0n) is 60.4. The molecule has 0 spiro atoms. The summed E-state index contributed by atoms with van der Waals surface area (Å²) in [5, 5.41) is 82.3. The normalized spacial score (nSPS) is 22.8. The van der Waals surface area contributed by atoms with Crippen LogP contribution < -0.4 is 76.1 Å². The molecule has 11 amide bonds. The van der Waals surface area contributed by atoms with E-state index in [4.69, 9.17) is 52.2 Å². The second-order valence-corrected chi connectivity index (χ2v) is 26.5. The number of aliphatic carboxylic acids is 2. The van der Waals surface area contributed by atoms with E-state index in [0.717, 1.165) is 6.92 Å². The number of benzene rings is 1. The van der Waals surface area contributed by atoms with Crippen LogP contribution in [0.15, 0.2) is 35.3 Å². The maximum atomic E-state index is 15.4. The maximum absolute atomic E-state index is 15.4. The van der Waals surface area contributed by atoms with E-state index < -0.39 is 217 Å². The van der Waals surface area contributed by atoms with Crippen molar-refractivity contribution in [1.29, 1.82) is 0 Å². The number of cyclic esters (lactones) is 1. The van der Waals surface area contributed by atoms with Crippen molar-refractivity contribution in [2.45, 2.75) is 218 Å². The minimum Gasteiger partial charge on any atom is -0.475 e. The zero-order chi connectivity index (χ0) is 82.2. The van der Waals surface area contributed by atoms with Crippen LogP contribution in [0.1, 0.15) is 127 Å². The predicted molar refractivity (Wildman–Crippen MR) is 360 cm³/mol. The molecule has 43 heteroatoms. The monoisotopic (exact) mass is 1530 g/mol. The molecular weight excluding hydrogens is 1430 g/mol. The van der Waals surface area contributed by atoms with E-state index in [1.54, 1.807) is 62.3 Å². The van der Waals surface area contributed by atoms with Gasteiger partial charge in [0.25, 0.3) is 0 Å². The number of guanidine groups is 1. The first kappa shape index (κ1) is 96.4. The van der Waals surface area contributed by atoms with Gasteiger partial charge in [-0.05, 0) is 82.6 Å². The van der Waals surface area contributed by atoms with Gasteiger partial charge in [-0.2, -0.15) is 26.3 Å². The summed E-state index contributed by atoms with van der Waals surface area (Å²) in [6, 6.07) is -11.2. The lowest BCUT2D eigenvalue weighted by Crippen LogP contribution is -2.64. The molecule has 1 saturated heterocycles. The Morgan fingerprint density at radius 2 is 1.14 bits per heavy atom. The average Bonchev–Trinajstić information content (AvgIpc) is 0.812. The number of hydrogen-bond acceptors (Lipinski definition) is 22. The Labute approximate surface area is 605 Å². The van der Waals surface area contributed by atoms with Gasteiger partial charge >= 0.3 is 30.3 Å². The van der Waals surface area contributed by atoms with Crippen LogP contribution in [0.4, 0.5) is 26.3 Å². The van der Waals surface area contributed by atoms with E-state index in [1.807, 2.05) is 10.6 Å². The number of alkyl halides is 6. The summed E-state index contributed by atoms with van der Waals surface area (Å²) in [5.41, 5.74) is 21.8. The van der Waals surface area contributed by atoms with Gasteiger partial charge in [-0.1, -0.05) is 92.1 Å². The molecule has 37 nitrogen and oxygen atoms in total. The largest absolute Gasteiger partial charge is 0.490 e. The number of hydrogen-bond donors (Lipinski definition) is 20. The number of carbonyl (C=O) groups is 14. The fraction of sp³-hybridized carbons (Fsp3) is 0.667. The van der Waals surface area contributed by atoms with Gasteiger partial charge in [0.1, 0.15) is 54.4 Å². The smallest absolute Gasteiger partial charge is 0.475 e. The number of amides is 11. The lowest BCUT2D eigenvalue weighted by molar-refractivity contribution is -0.193. The van der Waals surface area contributed by atoms with Gasteiger partial charge in [-0.3, -0.25) is 57.7 Å². The quantitative estimate of drug-likeness (QED) is 0.0162. The van der Waals surface area contributed by atoms with Gasteiger partial charge < -0.3 is 116 Å². The summed E-state index contributed by atoms with van der Waals surface area (Å²) in [4.78, 5) is 192. The summed E-state index contributed by atoms with van der Waals surface area (Å²) >= 11 is 0. The number of carboxylic acids is 2. The van der Waals surface area contributed by atoms with Gasteiger partial charge in [-0.25, -0.2) is 14.4 Å². The van der Waals surface area contributed by atoms with Crippen LogP contribution in [0.25, 0.3) is 0 Å². The molecule has 1 aromatic carbocycles. The number of nitrogens with one attached hydrogen (secondary N) is 10. The standard InChI is InChI=1S/C59H99N15O18.2C2HF3O2/c1-13-30(8)39-53(86)72-40(31(9)76)52(85)65-24-38(77)70-42(45(79)47(61)80)55(88)69-37(25-75)57(90)92-46(32-18-15-14-16-19-32)43(74-51(84)36(23-28(4)5)67-48(81)33(60)26-91-59(10,11)12)56(89)73-41(44(78)29(6)7)54(87)68-35(22-27(2)3)50(83)66-34(49(82)71-39)20-17-21-64-58(62)63;2*3-2(4,5)1(6)7/h14-16,18-19,27-31,33-37,39-46,75-76,78-79H,13,17,20-26,60H2,1-12H3,(H2,61,80)(H,65,85)(H,66,83)(H,67,81)(H,68,87)(H,69,88)(H,70,77)(H,71,82)(H,72,86)(H,73,89)(H,74,84)(H4,62,63,64);2*(H,6,7)/t30-,31-,33-,34+,35-,36-,37-,39?,40?,41-,42-,43-,44+,45-,46+;;/m0../s1. The molecule has 1 fully saturated rings. The van der Waals surface area contributed by atoms with Gasteiger partial charge in [-0.15, -0.1) is 0 Å². The fourth-order valence-electron chi connectivity index (χ4n) is 9.05. The molecule has 0 aliphatic carbocycles. The molecule has 0 saturated carbocycles. The molecule has 0 aromatic heterocycles. The van der Waals surface area contributed by atoms with Crippen molar-refractivity contribution in [2.24, 2.45) is 51.6 Å². The van der Waals surface area contributed by atoms with Crippen molar-refractivity contribution in [3.63, 3.8) is 0 Å². The molecule has 1 heterocycles. The van der Waals surface area contributed by atoms with Crippen molar-refractivity contribution in [1.82, 2.24) is 53.2 Å². The number of esters is 1. The number of nitrogens with two attached hydrogens (primary N) is 4. The Morgan fingerprint density at radius 3 is 1.60 bits per heavy atom. The van der Waals surface area contributed by atoms with E-state index >= 15 is 4.79 Å². The highest BCUT2D eigenvalue weighted by Crippen LogP contribution is 2.25. The molecule has 15 atom stereocenters. The van der Waals surface area contributed by atoms with E-state index in [1.165, 1.54) is 44.2 Å². The molecule has 0 bridgehead atoms. The Balaban J connectivity index is 0.00000710. The van der Waals surface area contributed by atoms with Gasteiger partial charge in [0.05, 0.1) is 37.6 Å². The number of rotatable bonds is 23. The molecule has 2 rings (SSSR count). The first-order chi connectivity index (χ1) is 48.7. The van der Waals surface area contributed by atoms with Crippen LogP contribution in [-0.4, -0.2) is 242 Å². The second-order valence-electron chi connectivity index (χ2n) is 26.5. The maximum Gasteiger partial charge on any atom is 0.490 e. The number of aliphatic hydroxyl groups excluding tert-OH is 4. The Kier molecular flexibility index (Phi) is 41.0. The molecular formula is C63H101F6N15O22. The van der Waals surface area contributed by atoms with Crippen molar-refractivity contribution < 1.29 is 134 Å². The average molecular weight is 1530 g/mol. The molecule has 24 N–H and O–H groups in total. The molecule has 1 aromatic rings. The van der Waals surface area contributed by atoms with Crippen molar-refractivity contribution >= 4 is 88.8 Å². The highest BCUT2D eigenvalue weighted by atomic mass is 19.4. The number of nitrogens with zero attached hydrogens (tertiary/aromatic N) is 1. The van der Waals surface area contributed by atoms with Crippen molar-refractivity contribution in [3.8, 4) is 0 Å². The van der Waals surface area contributed by atoms with E-state index in [-0.39, 0.29) is 62.7 Å². The van der Waals surface area contributed by atoms with Crippen LogP contribution in [0.3, 0.4) is 0 Å². The number of aliphatic imine (C=N–C) groups is 1. The molecule has 2 unspecified atom stereocenters. The van der Waals surface area contributed by atoms with Crippen LogP contribution in [-0.2, 0) is 76.6 Å². The van der Waals surface area contributed by atoms with Crippen molar-refractivity contribution in [2.75, 3.05) is 26.3 Å². The van der Waals surface area contributed by atoms with E-state index in [2.05, 4.69) is 47.5 Å². The van der Waals surface area contributed by atoms with Crippen LogP contribution in [0.5, 0.6) is 0 Å². The number of carboxylic acid groups (broad SMARTS) is 2. The van der Waals surface area contributed by atoms with Crippen LogP contribution in [0.2, 0.25) is 0 Å². The minimum absolute atomic E-state index is 0.0410. The summed E-state index contributed by atoms with van der Waals surface area (Å²) in [6.07, 6.45) is -18.5. The number of carbonyl (C=O) groups excluding carboxylic acids is 12. The second kappa shape index (κ2) is 45.0. The van der Waals surface area contributed by atoms with Gasteiger partial charge in [0.2, 0.25) is 65.0 Å². The highest BCUT2D eigenvalue weighted by Gasteiger charge is 2.45. The SMILES string of the molecule is CC[C@H](C)C1NC(=O)[C@@H](CCCN=C(N)N)NC(=O)[C@H](CC(C)C)NC(=O)[C@H]([C@H](O)C(C)C)NC(=O)[C@@H](NC(=O)[C@H](CC(C)C)NC(=O)[C@@H](N)COC(C)(C)C)[C@@H](c2ccccc2)OC(=O)[C@H](CO)NC(=O)[C@H]([C@H](O)C(N)=O)NC(=O)CNC(=O)C([C@H](C)O)NC1=O.O=C(O)C(F)(F)F.O=C(O)C(F)(F)F. The van der Waals surface area contributed by atoms with E-state index in [9.17, 15) is 99.5 Å². The van der Waals surface area contributed by atoms with Gasteiger partial charge in [0, 0.05) is 6.54 Å². The van der Waals surface area contributed by atoms with Crippen LogP contribution in [0, 0.1) is 23.7 Å². The van der Waals surface area contributed by atoms with Gasteiger partial charge in [0.15, 0.2) is 24.2 Å². The number of primary amides is 1. The van der Waals surface area contributed by atoms with Crippen molar-refractivity contribution in [3.05, 3.63) is 35.9 Å². The lowest BCUT2D eigenvalue weighted by atomic mass is 9.95. The molecule has 0 radical (unpaired) electrons. The van der Waals surface area contributed by atoms with Crippen LogP contribution >= 0.6 is 0 Å². The number of aliphatic hydroxyl groups is 4. The number of ether oxygens (including phenoxy) is 2. The first-order valence-electron chi connectivity index (χ1n) is 33.0. The van der Waals surface area contributed by atoms with E-state index in [0.29, 0.717) is 0 Å². The lowest BCUT2D eigenvalue weighted by Gasteiger charge is -2.34. The Bertz CT molecular complexity index is 3140. The Morgan fingerprint density at radius 1 is 0.651 bits per heavy atom. The molecule has 106 heavy (non-hydrogen) atoms. The first-order valence-corrected chi connectivity index (χ1v) is 33.0. The zero-order valence-corrected chi connectivity index (χ0v) is 60.4.